The van der Waals surface area contributed by atoms with Crippen molar-refractivity contribution in [2.45, 2.75) is 6.92 Å². The largest absolute Gasteiger partial charge is 0.337 e. The lowest BCUT2D eigenvalue weighted by Gasteiger charge is -2.08. The Bertz CT molecular complexity index is 1080. The van der Waals surface area contributed by atoms with Gasteiger partial charge in [-0.3, -0.25) is 5.10 Å². The highest BCUT2D eigenvalue weighted by molar-refractivity contribution is 7.15. The summed E-state index contributed by atoms with van der Waals surface area (Å²) in [6.07, 6.45) is 1.64. The molecule has 3 aromatic heterocycles. The van der Waals surface area contributed by atoms with E-state index in [2.05, 4.69) is 34.5 Å². The van der Waals surface area contributed by atoms with Crippen LogP contribution in [0.3, 0.4) is 0 Å². The number of nitrogens with one attached hydrogen (secondary N) is 2. The highest BCUT2D eigenvalue weighted by Gasteiger charge is 2.19. The normalized spacial score (nSPS) is 10.9. The number of thiophene rings is 1. The summed E-state index contributed by atoms with van der Waals surface area (Å²) in [5, 5.41) is 16.3. The summed E-state index contributed by atoms with van der Waals surface area (Å²) in [6.45, 7) is 2.05. The molecule has 118 valence electrons. The molecule has 0 saturated heterocycles. The topological polar surface area (TPSA) is 68.9 Å². The van der Waals surface area contributed by atoms with E-state index in [9.17, 15) is 5.26 Å². The lowest BCUT2D eigenvalue weighted by atomic mass is 10.3. The number of fused-ring (bicyclic) bond motifs is 1. The smallest absolute Gasteiger partial charge is 0.173 e. The summed E-state index contributed by atoms with van der Waals surface area (Å²) >= 11 is 7.93. The van der Waals surface area contributed by atoms with Gasteiger partial charge in [-0.2, -0.15) is 5.26 Å². The first-order valence-electron chi connectivity index (χ1n) is 7.25. The van der Waals surface area contributed by atoms with Crippen LogP contribution < -0.4 is 5.32 Å². The Balaban J connectivity index is 1.93. The Morgan fingerprint density at radius 2 is 2.12 bits per heavy atom. The quantitative estimate of drug-likeness (QED) is 0.546. The first-order chi connectivity index (χ1) is 11.7. The van der Waals surface area contributed by atoms with Crippen molar-refractivity contribution in [1.82, 2.24) is 14.6 Å². The summed E-state index contributed by atoms with van der Waals surface area (Å²) in [5.41, 5.74) is 2.66. The van der Waals surface area contributed by atoms with Crippen molar-refractivity contribution in [2.24, 2.45) is 0 Å². The number of aromatic nitrogens is 3. The number of nitriles is 1. The lowest BCUT2D eigenvalue weighted by Crippen LogP contribution is -1.97. The van der Waals surface area contributed by atoms with Gasteiger partial charge in [0.1, 0.15) is 17.3 Å². The van der Waals surface area contributed by atoms with Gasteiger partial charge in [-0.1, -0.05) is 23.7 Å². The molecule has 0 fully saturated rings. The van der Waals surface area contributed by atoms with Gasteiger partial charge in [0.2, 0.25) is 0 Å². The number of benzene rings is 1. The van der Waals surface area contributed by atoms with E-state index in [-0.39, 0.29) is 0 Å². The maximum absolute atomic E-state index is 9.27. The van der Waals surface area contributed by atoms with Crippen LogP contribution in [0.4, 0.5) is 11.5 Å². The number of halogens is 1. The van der Waals surface area contributed by atoms with Crippen LogP contribution in [0.25, 0.3) is 16.2 Å². The number of imidazole rings is 1. The summed E-state index contributed by atoms with van der Waals surface area (Å²) < 4.78 is 1.77. The molecule has 1 aromatic carbocycles. The molecule has 3 heterocycles. The maximum Gasteiger partial charge on any atom is 0.173 e. The van der Waals surface area contributed by atoms with Crippen LogP contribution in [0.15, 0.2) is 42.6 Å². The van der Waals surface area contributed by atoms with Gasteiger partial charge in [-0.15, -0.1) is 11.3 Å². The van der Waals surface area contributed by atoms with Crippen molar-refractivity contribution in [3.05, 3.63) is 58.1 Å². The Morgan fingerprint density at radius 3 is 2.83 bits per heavy atom. The molecule has 0 amide bonds. The fourth-order valence-electron chi connectivity index (χ4n) is 2.54. The van der Waals surface area contributed by atoms with Crippen LogP contribution in [0.1, 0.15) is 10.4 Å². The molecule has 5 nitrogen and oxygen atoms in total. The SMILES string of the molecule is Cc1ccc(-c2nc3c(C#N)c[nH]n3c2Nc2ccccc2Cl)s1. The monoisotopic (exact) mass is 353 g/mol. The average Bonchev–Trinajstić information content (AvgIpc) is 3.25. The predicted octanol–water partition coefficient (Wildman–Crippen LogP) is 4.97. The van der Waals surface area contributed by atoms with Gasteiger partial charge < -0.3 is 5.32 Å². The van der Waals surface area contributed by atoms with Crippen molar-refractivity contribution >= 4 is 40.1 Å². The molecule has 7 heteroatoms. The van der Waals surface area contributed by atoms with Crippen LogP contribution >= 0.6 is 22.9 Å². The molecule has 24 heavy (non-hydrogen) atoms. The molecular formula is C17H12ClN5S. The van der Waals surface area contributed by atoms with E-state index >= 15 is 0 Å². The van der Waals surface area contributed by atoms with Crippen LogP contribution in [0.2, 0.25) is 5.02 Å². The van der Waals surface area contributed by atoms with E-state index in [1.165, 1.54) is 4.88 Å². The second kappa shape index (κ2) is 5.71. The van der Waals surface area contributed by atoms with Crippen LogP contribution in [-0.2, 0) is 0 Å². The van der Waals surface area contributed by atoms with E-state index < -0.39 is 0 Å². The molecule has 0 atom stereocenters. The highest BCUT2D eigenvalue weighted by atomic mass is 35.5. The van der Waals surface area contributed by atoms with Crippen molar-refractivity contribution < 1.29 is 0 Å². The van der Waals surface area contributed by atoms with Crippen LogP contribution in [0.5, 0.6) is 0 Å². The molecule has 0 spiro atoms. The van der Waals surface area contributed by atoms with Gasteiger partial charge in [-0.25, -0.2) is 9.50 Å². The number of hydrogen-bond acceptors (Lipinski definition) is 4. The van der Waals surface area contributed by atoms with Crippen molar-refractivity contribution in [3.8, 4) is 16.6 Å². The summed E-state index contributed by atoms with van der Waals surface area (Å²) in [4.78, 5) is 6.90. The van der Waals surface area contributed by atoms with Gasteiger partial charge in [0.15, 0.2) is 11.5 Å². The van der Waals surface area contributed by atoms with E-state index in [1.807, 2.05) is 30.3 Å². The standard InChI is InChI=1S/C17H12ClN5S/c1-10-6-7-14(24-10)15-17(21-13-5-3-2-4-12(13)18)23-16(22-15)11(8-19)9-20-23/h2-7,9,20-21H,1H3. The highest BCUT2D eigenvalue weighted by Crippen LogP contribution is 2.36. The molecule has 0 saturated carbocycles. The van der Waals surface area contributed by atoms with Gasteiger partial charge >= 0.3 is 0 Å². The molecular weight excluding hydrogens is 342 g/mol. The van der Waals surface area contributed by atoms with Gasteiger partial charge in [0.25, 0.3) is 0 Å². The second-order valence-corrected chi connectivity index (χ2v) is 6.98. The minimum absolute atomic E-state index is 0.497. The Kier molecular flexibility index (Phi) is 3.53. The molecule has 0 aliphatic heterocycles. The van der Waals surface area contributed by atoms with Gasteiger partial charge in [0, 0.05) is 11.1 Å². The Hall–Kier alpha value is -2.75. The third kappa shape index (κ3) is 2.35. The van der Waals surface area contributed by atoms with Crippen molar-refractivity contribution in [2.75, 3.05) is 5.32 Å². The van der Waals surface area contributed by atoms with Crippen LogP contribution in [0, 0.1) is 18.3 Å². The zero-order valence-electron chi connectivity index (χ0n) is 12.7. The van der Waals surface area contributed by atoms with Gasteiger partial charge in [-0.05, 0) is 31.2 Å². The number of H-pyrrole nitrogens is 1. The summed E-state index contributed by atoms with van der Waals surface area (Å²) in [6, 6.07) is 13.8. The van der Waals surface area contributed by atoms with E-state index in [4.69, 9.17) is 11.6 Å². The average molecular weight is 354 g/mol. The molecule has 0 aliphatic rings. The van der Waals surface area contributed by atoms with Gasteiger partial charge in [0.05, 0.1) is 15.6 Å². The molecule has 0 bridgehead atoms. The van der Waals surface area contributed by atoms with Crippen LogP contribution in [-0.4, -0.2) is 14.6 Å². The minimum atomic E-state index is 0.497. The number of rotatable bonds is 3. The predicted molar refractivity (Wildman–Crippen MR) is 97.0 cm³/mol. The summed E-state index contributed by atoms with van der Waals surface area (Å²) in [7, 11) is 0. The molecule has 4 aromatic rings. The molecule has 0 radical (unpaired) electrons. The first-order valence-corrected chi connectivity index (χ1v) is 8.45. The van der Waals surface area contributed by atoms with E-state index in [1.54, 1.807) is 22.0 Å². The van der Waals surface area contributed by atoms with E-state index in [0.717, 1.165) is 22.1 Å². The number of hydrogen-bond donors (Lipinski definition) is 2. The molecule has 0 unspecified atom stereocenters. The Morgan fingerprint density at radius 1 is 1.29 bits per heavy atom. The summed E-state index contributed by atoms with van der Waals surface area (Å²) in [5.74, 6) is 0.751. The second-order valence-electron chi connectivity index (χ2n) is 5.28. The third-order valence-corrected chi connectivity index (χ3v) is 5.01. The number of aryl methyl sites for hydroxylation is 1. The minimum Gasteiger partial charge on any atom is -0.337 e. The molecule has 2 N–H and O–H groups in total. The zero-order chi connectivity index (χ0) is 16.7. The lowest BCUT2D eigenvalue weighted by molar-refractivity contribution is 0.980. The number of nitrogens with zero attached hydrogens (tertiary/aromatic N) is 3. The number of aromatic amines is 1. The Labute approximate surface area is 147 Å². The van der Waals surface area contributed by atoms with Crippen molar-refractivity contribution in [3.63, 3.8) is 0 Å². The zero-order valence-corrected chi connectivity index (χ0v) is 14.2. The fraction of sp³-hybridized carbons (Fsp3) is 0.0588. The van der Waals surface area contributed by atoms with E-state index in [0.29, 0.717) is 16.2 Å². The molecule has 4 rings (SSSR count). The fourth-order valence-corrected chi connectivity index (χ4v) is 3.58. The number of anilines is 2. The molecule has 0 aliphatic carbocycles. The maximum atomic E-state index is 9.27. The first kappa shape index (κ1) is 14.8. The third-order valence-electron chi connectivity index (χ3n) is 3.68. The number of para-hydroxylation sites is 1. The van der Waals surface area contributed by atoms with Crippen molar-refractivity contribution in [1.29, 1.82) is 5.26 Å².